The van der Waals surface area contributed by atoms with Crippen molar-refractivity contribution in [3.63, 3.8) is 0 Å². The van der Waals surface area contributed by atoms with Gasteiger partial charge in [0.05, 0.1) is 4.83 Å². The quantitative estimate of drug-likeness (QED) is 0.818. The number of carbonyl (C=O) groups is 1. The molecule has 19 heavy (non-hydrogen) atoms. The number of hydrogen-bond donors (Lipinski definition) is 1. The molecule has 1 unspecified atom stereocenters. The number of carbonyl (C=O) groups excluding carboxylic acids is 1. The van der Waals surface area contributed by atoms with Gasteiger partial charge in [-0.3, -0.25) is 0 Å². The number of benzene rings is 1. The molecule has 1 atom stereocenters. The zero-order chi connectivity index (χ0) is 13.4. The SMILES string of the molecule is CN1Cc2cc(C(Br)c3cccs3)ccc2NC1=O. The Labute approximate surface area is 124 Å². The molecule has 1 aromatic heterocycles. The standard InChI is InChI=1S/C14H13BrN2OS/c1-17-8-10-7-9(4-5-11(10)16-14(17)18)13(15)12-3-2-6-19-12/h2-7,13H,8H2,1H3,(H,16,18). The first-order valence-corrected chi connectivity index (χ1v) is 7.77. The van der Waals surface area contributed by atoms with Crippen LogP contribution in [0.3, 0.4) is 0 Å². The van der Waals surface area contributed by atoms with Gasteiger partial charge in [0.1, 0.15) is 0 Å². The zero-order valence-corrected chi connectivity index (χ0v) is 12.8. The number of thiophene rings is 1. The van der Waals surface area contributed by atoms with E-state index in [1.165, 1.54) is 10.4 Å². The Hall–Kier alpha value is -1.33. The molecular weight excluding hydrogens is 324 g/mol. The van der Waals surface area contributed by atoms with Crippen molar-refractivity contribution in [2.24, 2.45) is 0 Å². The summed E-state index contributed by atoms with van der Waals surface area (Å²) in [4.78, 5) is 14.7. The number of alkyl halides is 1. The Balaban J connectivity index is 1.93. The van der Waals surface area contributed by atoms with Crippen LogP contribution in [0.2, 0.25) is 0 Å². The lowest BCUT2D eigenvalue weighted by Gasteiger charge is -2.26. The van der Waals surface area contributed by atoms with E-state index in [9.17, 15) is 4.79 Å². The van der Waals surface area contributed by atoms with Crippen LogP contribution < -0.4 is 5.32 Å². The Morgan fingerprint density at radius 2 is 2.26 bits per heavy atom. The van der Waals surface area contributed by atoms with Crippen LogP contribution in [0.4, 0.5) is 10.5 Å². The maximum atomic E-state index is 11.6. The molecule has 2 heterocycles. The number of urea groups is 1. The van der Waals surface area contributed by atoms with E-state index in [1.807, 2.05) is 6.07 Å². The van der Waals surface area contributed by atoms with Crippen LogP contribution in [0.15, 0.2) is 35.7 Å². The summed E-state index contributed by atoms with van der Waals surface area (Å²) < 4.78 is 0. The number of nitrogens with one attached hydrogen (secondary N) is 1. The van der Waals surface area contributed by atoms with Gasteiger partial charge < -0.3 is 10.2 Å². The summed E-state index contributed by atoms with van der Waals surface area (Å²) in [6.45, 7) is 0.652. The fourth-order valence-electron chi connectivity index (χ4n) is 2.16. The minimum absolute atomic E-state index is 0.0473. The van der Waals surface area contributed by atoms with Crippen molar-refractivity contribution < 1.29 is 4.79 Å². The van der Waals surface area contributed by atoms with Gasteiger partial charge >= 0.3 is 6.03 Å². The second-order valence-electron chi connectivity index (χ2n) is 4.58. The van der Waals surface area contributed by atoms with Gasteiger partial charge in [-0.1, -0.05) is 34.1 Å². The highest BCUT2D eigenvalue weighted by Gasteiger charge is 2.21. The summed E-state index contributed by atoms with van der Waals surface area (Å²) in [6.07, 6.45) is 0. The van der Waals surface area contributed by atoms with E-state index in [0.717, 1.165) is 11.3 Å². The third kappa shape index (κ3) is 2.40. The fourth-order valence-corrected chi connectivity index (χ4v) is 3.65. The summed E-state index contributed by atoms with van der Waals surface area (Å²) >= 11 is 5.47. The highest BCUT2D eigenvalue weighted by atomic mass is 79.9. The van der Waals surface area contributed by atoms with E-state index in [1.54, 1.807) is 23.3 Å². The summed E-state index contributed by atoms with van der Waals surface area (Å²) in [6, 6.07) is 10.3. The molecule has 3 nitrogen and oxygen atoms in total. The third-order valence-electron chi connectivity index (χ3n) is 3.21. The lowest BCUT2D eigenvalue weighted by Crippen LogP contribution is -2.35. The van der Waals surface area contributed by atoms with Crippen LogP contribution in [0.25, 0.3) is 0 Å². The molecule has 3 rings (SSSR count). The van der Waals surface area contributed by atoms with Crippen molar-refractivity contribution in [2.45, 2.75) is 11.4 Å². The topological polar surface area (TPSA) is 32.3 Å². The van der Waals surface area contributed by atoms with E-state index in [0.29, 0.717) is 6.54 Å². The Morgan fingerprint density at radius 1 is 1.42 bits per heavy atom. The predicted octanol–water partition coefficient (Wildman–Crippen LogP) is 4.21. The molecule has 0 fully saturated rings. The van der Waals surface area contributed by atoms with Crippen LogP contribution in [-0.4, -0.2) is 18.0 Å². The Bertz CT molecular complexity index is 612. The number of rotatable bonds is 2. The second-order valence-corrected chi connectivity index (χ2v) is 6.48. The van der Waals surface area contributed by atoms with E-state index in [-0.39, 0.29) is 10.9 Å². The largest absolute Gasteiger partial charge is 0.323 e. The highest BCUT2D eigenvalue weighted by molar-refractivity contribution is 9.09. The molecule has 1 aliphatic rings. The van der Waals surface area contributed by atoms with E-state index >= 15 is 0 Å². The zero-order valence-electron chi connectivity index (χ0n) is 10.4. The van der Waals surface area contributed by atoms with Gasteiger partial charge in [-0.2, -0.15) is 0 Å². The summed E-state index contributed by atoms with van der Waals surface area (Å²) in [5.41, 5.74) is 3.28. The van der Waals surface area contributed by atoms with E-state index in [4.69, 9.17) is 0 Å². The number of hydrogen-bond acceptors (Lipinski definition) is 2. The minimum Gasteiger partial charge on any atom is -0.323 e. The maximum absolute atomic E-state index is 11.6. The Kier molecular flexibility index (Phi) is 3.33. The molecule has 2 aromatic rings. The van der Waals surface area contributed by atoms with Gasteiger partial charge in [-0.05, 0) is 28.6 Å². The molecule has 0 saturated carbocycles. The minimum atomic E-state index is -0.0473. The predicted molar refractivity (Wildman–Crippen MR) is 82.0 cm³/mol. The van der Waals surface area contributed by atoms with Crippen molar-refractivity contribution in [2.75, 3.05) is 12.4 Å². The van der Waals surface area contributed by atoms with Gasteiger partial charge in [0.2, 0.25) is 0 Å². The van der Waals surface area contributed by atoms with Crippen LogP contribution in [0.1, 0.15) is 20.8 Å². The molecule has 1 aromatic carbocycles. The first-order valence-electron chi connectivity index (χ1n) is 5.97. The molecular formula is C14H13BrN2OS. The van der Waals surface area contributed by atoms with Gasteiger partial charge in [0, 0.05) is 24.2 Å². The number of halogens is 1. The molecule has 0 saturated heterocycles. The fraction of sp³-hybridized carbons (Fsp3) is 0.214. The first kappa shape index (κ1) is 12.7. The second kappa shape index (κ2) is 4.98. The molecule has 0 aliphatic carbocycles. The average molecular weight is 337 g/mol. The lowest BCUT2D eigenvalue weighted by atomic mass is 10.0. The normalized spacial score (nSPS) is 15.9. The first-order chi connectivity index (χ1) is 9.15. The average Bonchev–Trinajstić information content (AvgIpc) is 2.93. The van der Waals surface area contributed by atoms with Crippen LogP contribution in [0.5, 0.6) is 0 Å². The number of amides is 2. The van der Waals surface area contributed by atoms with Gasteiger partial charge in [0.25, 0.3) is 0 Å². The van der Waals surface area contributed by atoms with Crippen LogP contribution >= 0.6 is 27.3 Å². The monoisotopic (exact) mass is 336 g/mol. The molecule has 0 radical (unpaired) electrons. The van der Waals surface area contributed by atoms with E-state index < -0.39 is 0 Å². The molecule has 2 amide bonds. The van der Waals surface area contributed by atoms with Crippen molar-refractivity contribution in [1.82, 2.24) is 4.90 Å². The molecule has 0 bridgehead atoms. The van der Waals surface area contributed by atoms with E-state index in [2.05, 4.69) is 50.9 Å². The molecule has 0 spiro atoms. The third-order valence-corrected chi connectivity index (χ3v) is 5.47. The van der Waals surface area contributed by atoms with Gasteiger partial charge in [-0.15, -0.1) is 11.3 Å². The Morgan fingerprint density at radius 3 is 3.00 bits per heavy atom. The van der Waals surface area contributed by atoms with Gasteiger partial charge in [0.15, 0.2) is 0 Å². The number of nitrogens with zero attached hydrogens (tertiary/aromatic N) is 1. The summed E-state index contributed by atoms with van der Waals surface area (Å²) in [5, 5.41) is 4.96. The van der Waals surface area contributed by atoms with Crippen LogP contribution in [0, 0.1) is 0 Å². The molecule has 1 N–H and O–H groups in total. The molecule has 98 valence electrons. The lowest BCUT2D eigenvalue weighted by molar-refractivity contribution is 0.218. The number of fused-ring (bicyclic) bond motifs is 1. The van der Waals surface area contributed by atoms with Crippen molar-refractivity contribution in [3.05, 3.63) is 51.7 Å². The smallest absolute Gasteiger partial charge is 0.321 e. The van der Waals surface area contributed by atoms with Crippen molar-refractivity contribution in [1.29, 1.82) is 0 Å². The summed E-state index contributed by atoms with van der Waals surface area (Å²) in [5.74, 6) is 0. The number of anilines is 1. The molecule has 1 aliphatic heterocycles. The van der Waals surface area contributed by atoms with Crippen molar-refractivity contribution >= 4 is 39.0 Å². The van der Waals surface area contributed by atoms with Crippen molar-refractivity contribution in [3.8, 4) is 0 Å². The maximum Gasteiger partial charge on any atom is 0.321 e. The summed E-state index contributed by atoms with van der Waals surface area (Å²) in [7, 11) is 1.80. The van der Waals surface area contributed by atoms with Crippen LogP contribution in [-0.2, 0) is 6.54 Å². The molecule has 5 heteroatoms. The van der Waals surface area contributed by atoms with Gasteiger partial charge in [-0.25, -0.2) is 4.79 Å². The highest BCUT2D eigenvalue weighted by Crippen LogP contribution is 2.36.